The van der Waals surface area contributed by atoms with E-state index >= 15 is 0 Å². The Balaban J connectivity index is 1.27. The summed E-state index contributed by atoms with van der Waals surface area (Å²) < 4.78 is 21.3. The Morgan fingerprint density at radius 3 is 2.79 bits per heavy atom. The number of rotatable bonds is 5. The number of fused-ring (bicyclic) bond motifs is 1. The van der Waals surface area contributed by atoms with Gasteiger partial charge < -0.3 is 15.4 Å². The molecule has 0 bridgehead atoms. The highest BCUT2D eigenvalue weighted by Gasteiger charge is 2.33. The lowest BCUT2D eigenvalue weighted by atomic mass is 9.88. The molecule has 2 fully saturated rings. The van der Waals surface area contributed by atoms with Crippen molar-refractivity contribution in [3.8, 4) is 11.3 Å². The largest absolute Gasteiger partial charge is 0.381 e. The molecule has 5 heterocycles. The van der Waals surface area contributed by atoms with Gasteiger partial charge in [0, 0.05) is 62.1 Å². The van der Waals surface area contributed by atoms with Gasteiger partial charge in [0.2, 0.25) is 5.95 Å². The second-order valence-electron chi connectivity index (χ2n) is 8.92. The molecule has 2 saturated heterocycles. The molecule has 4 aromatic rings. The van der Waals surface area contributed by atoms with E-state index in [0.29, 0.717) is 12.0 Å². The predicted molar refractivity (Wildman–Crippen MR) is 126 cm³/mol. The van der Waals surface area contributed by atoms with E-state index < -0.39 is 0 Å². The fourth-order valence-corrected chi connectivity index (χ4v) is 4.97. The lowest BCUT2D eigenvalue weighted by molar-refractivity contribution is 0.0903. The van der Waals surface area contributed by atoms with E-state index in [1.807, 2.05) is 34.9 Å². The lowest BCUT2D eigenvalue weighted by Crippen LogP contribution is -2.28. The van der Waals surface area contributed by atoms with E-state index in [2.05, 4.69) is 25.8 Å². The topological polar surface area (TPSA) is 89.3 Å². The van der Waals surface area contributed by atoms with Crippen LogP contribution in [0.2, 0.25) is 0 Å². The molecule has 2 N–H and O–H groups in total. The molecule has 0 radical (unpaired) electrons. The van der Waals surface area contributed by atoms with Crippen molar-refractivity contribution in [1.29, 1.82) is 0 Å². The molecule has 2 unspecified atom stereocenters. The summed E-state index contributed by atoms with van der Waals surface area (Å²) in [6.45, 7) is 3.08. The molecule has 0 aliphatic carbocycles. The molecule has 2 atom stereocenters. The van der Waals surface area contributed by atoms with E-state index in [-0.39, 0.29) is 17.7 Å². The molecule has 1 aromatic carbocycles. The number of halogens is 1. The van der Waals surface area contributed by atoms with Gasteiger partial charge in [-0.3, -0.25) is 4.40 Å². The van der Waals surface area contributed by atoms with Crippen molar-refractivity contribution in [3.63, 3.8) is 0 Å². The van der Waals surface area contributed by atoms with Gasteiger partial charge in [0.15, 0.2) is 5.65 Å². The number of hydrogen-bond donors (Lipinski definition) is 2. The van der Waals surface area contributed by atoms with E-state index in [9.17, 15) is 4.39 Å². The number of ether oxygens (including phenoxy) is 1. The third-order valence-electron chi connectivity index (χ3n) is 6.76. The van der Waals surface area contributed by atoms with Gasteiger partial charge in [0.25, 0.3) is 0 Å². The van der Waals surface area contributed by atoms with Crippen LogP contribution in [0.1, 0.15) is 36.1 Å². The fraction of sp³-hybridized carbons (Fsp3) is 0.360. The SMILES string of the molecule is Fc1cccc(C2CNCC2c2nnc3cc(-c4ccnc(NC5CCOCC5)n4)ccn23)c1. The van der Waals surface area contributed by atoms with E-state index in [4.69, 9.17) is 9.72 Å². The number of nitrogens with zero attached hydrogens (tertiary/aromatic N) is 5. The molecule has 8 nitrogen and oxygen atoms in total. The molecule has 2 aliphatic rings. The third kappa shape index (κ3) is 4.12. The van der Waals surface area contributed by atoms with Crippen LogP contribution in [0.25, 0.3) is 16.9 Å². The van der Waals surface area contributed by atoms with Crippen LogP contribution in [0.3, 0.4) is 0 Å². The van der Waals surface area contributed by atoms with Gasteiger partial charge >= 0.3 is 0 Å². The molecule has 174 valence electrons. The zero-order valence-electron chi connectivity index (χ0n) is 18.7. The summed E-state index contributed by atoms with van der Waals surface area (Å²) in [5, 5.41) is 15.8. The van der Waals surface area contributed by atoms with Crippen LogP contribution in [-0.2, 0) is 4.74 Å². The standard InChI is InChI=1S/C25H26FN7O/c26-18-3-1-2-16(12-18)20-14-27-15-21(20)24-32-31-23-13-17(5-9-33(23)24)22-4-8-28-25(30-22)29-19-6-10-34-11-7-19/h1-5,8-9,12-13,19-21,27H,6-7,10-11,14-15H2,(H,28,29,30). The highest BCUT2D eigenvalue weighted by molar-refractivity contribution is 5.64. The van der Waals surface area contributed by atoms with Gasteiger partial charge in [0.1, 0.15) is 11.6 Å². The first kappa shape index (κ1) is 21.1. The Hall–Kier alpha value is -3.43. The second kappa shape index (κ2) is 9.08. The van der Waals surface area contributed by atoms with Crippen LogP contribution in [0.5, 0.6) is 0 Å². The quantitative estimate of drug-likeness (QED) is 0.473. The predicted octanol–water partition coefficient (Wildman–Crippen LogP) is 3.39. The van der Waals surface area contributed by atoms with Crippen LogP contribution in [0.4, 0.5) is 10.3 Å². The maximum atomic E-state index is 13.8. The maximum Gasteiger partial charge on any atom is 0.223 e. The second-order valence-corrected chi connectivity index (χ2v) is 8.92. The van der Waals surface area contributed by atoms with E-state index in [0.717, 1.165) is 67.4 Å². The molecule has 0 saturated carbocycles. The van der Waals surface area contributed by atoms with Crippen LogP contribution in [-0.4, -0.2) is 56.9 Å². The summed E-state index contributed by atoms with van der Waals surface area (Å²) >= 11 is 0. The average Bonchev–Trinajstić information content (AvgIpc) is 3.51. The molecule has 0 amide bonds. The average molecular weight is 460 g/mol. The van der Waals surface area contributed by atoms with Crippen LogP contribution in [0, 0.1) is 5.82 Å². The van der Waals surface area contributed by atoms with Crippen LogP contribution < -0.4 is 10.6 Å². The first-order chi connectivity index (χ1) is 16.7. The minimum absolute atomic E-state index is 0.108. The lowest BCUT2D eigenvalue weighted by Gasteiger charge is -2.23. The summed E-state index contributed by atoms with van der Waals surface area (Å²) in [5.41, 5.74) is 3.52. The first-order valence-electron chi connectivity index (χ1n) is 11.7. The van der Waals surface area contributed by atoms with Crippen molar-refractivity contribution in [2.75, 3.05) is 31.6 Å². The first-order valence-corrected chi connectivity index (χ1v) is 11.7. The minimum Gasteiger partial charge on any atom is -0.381 e. The van der Waals surface area contributed by atoms with E-state index in [1.54, 1.807) is 18.3 Å². The highest BCUT2D eigenvalue weighted by Crippen LogP contribution is 2.35. The zero-order chi connectivity index (χ0) is 22.9. The number of nitrogens with one attached hydrogen (secondary N) is 2. The number of benzene rings is 1. The summed E-state index contributed by atoms with van der Waals surface area (Å²) in [4.78, 5) is 9.11. The molecular formula is C25H26FN7O. The van der Waals surface area contributed by atoms with Gasteiger partial charge in [-0.05, 0) is 48.7 Å². The molecule has 6 rings (SSSR count). The minimum atomic E-state index is -0.213. The van der Waals surface area contributed by atoms with Crippen molar-refractivity contribution in [1.82, 2.24) is 29.9 Å². The van der Waals surface area contributed by atoms with Crippen molar-refractivity contribution in [2.24, 2.45) is 0 Å². The van der Waals surface area contributed by atoms with E-state index in [1.165, 1.54) is 6.07 Å². The summed E-state index contributed by atoms with van der Waals surface area (Å²) in [6, 6.07) is 13.1. The molecule has 2 aliphatic heterocycles. The van der Waals surface area contributed by atoms with Gasteiger partial charge in [-0.1, -0.05) is 12.1 Å². The monoisotopic (exact) mass is 459 g/mol. The van der Waals surface area contributed by atoms with Gasteiger partial charge in [-0.15, -0.1) is 10.2 Å². The highest BCUT2D eigenvalue weighted by atomic mass is 19.1. The summed E-state index contributed by atoms with van der Waals surface area (Å²) in [6.07, 6.45) is 5.68. The van der Waals surface area contributed by atoms with Crippen molar-refractivity contribution < 1.29 is 9.13 Å². The Labute approximate surface area is 196 Å². The van der Waals surface area contributed by atoms with Crippen molar-refractivity contribution in [3.05, 3.63) is 72.1 Å². The van der Waals surface area contributed by atoms with Crippen LogP contribution in [0.15, 0.2) is 54.9 Å². The van der Waals surface area contributed by atoms with Gasteiger partial charge in [-0.2, -0.15) is 0 Å². The third-order valence-corrected chi connectivity index (χ3v) is 6.76. The zero-order valence-corrected chi connectivity index (χ0v) is 18.7. The number of anilines is 1. The smallest absolute Gasteiger partial charge is 0.223 e. The van der Waals surface area contributed by atoms with Crippen molar-refractivity contribution >= 4 is 11.6 Å². The molecule has 0 spiro atoms. The Morgan fingerprint density at radius 2 is 1.91 bits per heavy atom. The van der Waals surface area contributed by atoms with Gasteiger partial charge in [-0.25, -0.2) is 14.4 Å². The van der Waals surface area contributed by atoms with Crippen LogP contribution >= 0.6 is 0 Å². The number of hydrogen-bond acceptors (Lipinski definition) is 7. The maximum absolute atomic E-state index is 13.8. The van der Waals surface area contributed by atoms with Gasteiger partial charge in [0.05, 0.1) is 5.69 Å². The number of aromatic nitrogens is 5. The summed E-state index contributed by atoms with van der Waals surface area (Å²) in [5.74, 6) is 1.54. The Kier molecular flexibility index (Phi) is 5.64. The molecule has 3 aromatic heterocycles. The Bertz CT molecular complexity index is 1300. The molecule has 9 heteroatoms. The summed E-state index contributed by atoms with van der Waals surface area (Å²) in [7, 11) is 0. The molecular weight excluding hydrogens is 433 g/mol. The Morgan fingerprint density at radius 1 is 1.03 bits per heavy atom. The normalized spacial score (nSPS) is 21.2. The van der Waals surface area contributed by atoms with Crippen molar-refractivity contribution in [2.45, 2.75) is 30.7 Å². The number of pyridine rings is 1. The molecule has 34 heavy (non-hydrogen) atoms. The fourth-order valence-electron chi connectivity index (χ4n) is 4.97.